The molecule has 1 aliphatic carbocycles. The van der Waals surface area contributed by atoms with Crippen molar-refractivity contribution < 1.29 is 5.11 Å². The summed E-state index contributed by atoms with van der Waals surface area (Å²) < 4.78 is 0. The van der Waals surface area contributed by atoms with E-state index in [1.807, 2.05) is 0 Å². The van der Waals surface area contributed by atoms with E-state index in [0.717, 1.165) is 25.4 Å². The van der Waals surface area contributed by atoms with Gasteiger partial charge in [0, 0.05) is 0 Å². The van der Waals surface area contributed by atoms with Gasteiger partial charge in [0.25, 0.3) is 0 Å². The molecule has 1 heterocycles. The van der Waals surface area contributed by atoms with E-state index >= 15 is 0 Å². The Labute approximate surface area is 68.0 Å². The highest BCUT2D eigenvalue weighted by atomic mass is 16.3. The molecule has 0 aromatic carbocycles. The fraction of sp³-hybridized carbons (Fsp3) is 1.00. The standard InChI is InChI=1S/C9H17NO/c11-9-4-2-1-3-8(9)7-5-10-6-7/h7-11H,1-6H2/t8-,9+/m0/s1. The summed E-state index contributed by atoms with van der Waals surface area (Å²) in [6.07, 6.45) is 4.88. The van der Waals surface area contributed by atoms with Crippen molar-refractivity contribution in [2.75, 3.05) is 13.1 Å². The maximum absolute atomic E-state index is 9.68. The number of nitrogens with one attached hydrogen (secondary N) is 1. The SMILES string of the molecule is O[C@@H]1CCCC[C@H]1C1CNC1. The number of hydrogen-bond acceptors (Lipinski definition) is 2. The van der Waals surface area contributed by atoms with Crippen LogP contribution in [0, 0.1) is 11.8 Å². The number of aliphatic hydroxyl groups excluding tert-OH is 1. The van der Waals surface area contributed by atoms with Gasteiger partial charge in [0.2, 0.25) is 0 Å². The van der Waals surface area contributed by atoms with Gasteiger partial charge in [-0.1, -0.05) is 12.8 Å². The fourth-order valence-electron chi connectivity index (χ4n) is 2.30. The molecule has 0 unspecified atom stereocenters. The molecule has 0 radical (unpaired) electrons. The summed E-state index contributed by atoms with van der Waals surface area (Å²) in [7, 11) is 0. The topological polar surface area (TPSA) is 32.3 Å². The monoisotopic (exact) mass is 155 g/mol. The van der Waals surface area contributed by atoms with Crippen LogP contribution in [0.3, 0.4) is 0 Å². The van der Waals surface area contributed by atoms with Crippen LogP contribution in [0.1, 0.15) is 25.7 Å². The molecular formula is C9H17NO. The lowest BCUT2D eigenvalue weighted by Gasteiger charge is -2.39. The third-order valence-corrected chi connectivity index (χ3v) is 3.20. The highest BCUT2D eigenvalue weighted by Gasteiger charge is 2.33. The van der Waals surface area contributed by atoms with E-state index in [-0.39, 0.29) is 6.10 Å². The second-order valence-electron chi connectivity index (χ2n) is 3.93. The normalized spacial score (nSPS) is 40.1. The first kappa shape index (κ1) is 7.56. The lowest BCUT2D eigenvalue weighted by Crippen LogP contribution is -2.49. The van der Waals surface area contributed by atoms with Gasteiger partial charge in [0.15, 0.2) is 0 Å². The van der Waals surface area contributed by atoms with Crippen molar-refractivity contribution in [3.63, 3.8) is 0 Å². The minimum Gasteiger partial charge on any atom is -0.393 e. The number of rotatable bonds is 1. The van der Waals surface area contributed by atoms with E-state index in [1.54, 1.807) is 0 Å². The molecule has 2 rings (SSSR count). The molecule has 2 N–H and O–H groups in total. The first-order chi connectivity index (χ1) is 5.38. The van der Waals surface area contributed by atoms with Gasteiger partial charge >= 0.3 is 0 Å². The minimum atomic E-state index is 0.0100. The quantitative estimate of drug-likeness (QED) is 0.586. The maximum Gasteiger partial charge on any atom is 0.0572 e. The van der Waals surface area contributed by atoms with E-state index in [9.17, 15) is 5.11 Å². The zero-order valence-electron chi connectivity index (χ0n) is 6.92. The Kier molecular flexibility index (Phi) is 2.14. The molecule has 2 heteroatoms. The van der Waals surface area contributed by atoms with Crippen LogP contribution in [0.15, 0.2) is 0 Å². The molecule has 2 aliphatic rings. The first-order valence-corrected chi connectivity index (χ1v) is 4.76. The van der Waals surface area contributed by atoms with Crippen LogP contribution in [0.25, 0.3) is 0 Å². The number of aliphatic hydroxyl groups is 1. The second-order valence-corrected chi connectivity index (χ2v) is 3.93. The van der Waals surface area contributed by atoms with Gasteiger partial charge in [0.05, 0.1) is 6.10 Å². The van der Waals surface area contributed by atoms with Gasteiger partial charge < -0.3 is 10.4 Å². The molecule has 0 amide bonds. The van der Waals surface area contributed by atoms with Crippen LogP contribution in [-0.2, 0) is 0 Å². The molecule has 0 aromatic rings. The van der Waals surface area contributed by atoms with Crippen molar-refractivity contribution >= 4 is 0 Å². The Bertz CT molecular complexity index is 132. The molecule has 0 aromatic heterocycles. The summed E-state index contributed by atoms with van der Waals surface area (Å²) in [6.45, 7) is 2.28. The Morgan fingerprint density at radius 1 is 1.09 bits per heavy atom. The van der Waals surface area contributed by atoms with Gasteiger partial charge in [-0.3, -0.25) is 0 Å². The Morgan fingerprint density at radius 2 is 1.82 bits per heavy atom. The summed E-state index contributed by atoms with van der Waals surface area (Å²) in [5.41, 5.74) is 0. The van der Waals surface area contributed by atoms with Crippen LogP contribution >= 0.6 is 0 Å². The molecule has 1 aliphatic heterocycles. The Balaban J connectivity index is 1.88. The average Bonchev–Trinajstić information content (AvgIpc) is 1.90. The van der Waals surface area contributed by atoms with Gasteiger partial charge in [-0.25, -0.2) is 0 Å². The molecule has 2 fully saturated rings. The highest BCUT2D eigenvalue weighted by Crippen LogP contribution is 2.31. The van der Waals surface area contributed by atoms with Crippen LogP contribution < -0.4 is 5.32 Å². The molecule has 11 heavy (non-hydrogen) atoms. The molecule has 2 atom stereocenters. The van der Waals surface area contributed by atoms with Crippen molar-refractivity contribution in [3.8, 4) is 0 Å². The van der Waals surface area contributed by atoms with Crippen LogP contribution in [0.2, 0.25) is 0 Å². The lowest BCUT2D eigenvalue weighted by molar-refractivity contribution is 0.0211. The van der Waals surface area contributed by atoms with Crippen molar-refractivity contribution in [3.05, 3.63) is 0 Å². The molecule has 0 spiro atoms. The second kappa shape index (κ2) is 3.11. The Hall–Kier alpha value is -0.0800. The van der Waals surface area contributed by atoms with E-state index < -0.39 is 0 Å². The highest BCUT2D eigenvalue weighted by molar-refractivity contribution is 4.87. The molecule has 0 bridgehead atoms. The van der Waals surface area contributed by atoms with Crippen LogP contribution in [0.4, 0.5) is 0 Å². The predicted molar refractivity (Wildman–Crippen MR) is 44.3 cm³/mol. The Morgan fingerprint density at radius 3 is 2.36 bits per heavy atom. The van der Waals surface area contributed by atoms with E-state index in [1.165, 1.54) is 19.3 Å². The minimum absolute atomic E-state index is 0.0100. The molecule has 64 valence electrons. The summed E-state index contributed by atoms with van der Waals surface area (Å²) >= 11 is 0. The van der Waals surface area contributed by atoms with E-state index in [4.69, 9.17) is 0 Å². The summed E-state index contributed by atoms with van der Waals surface area (Å²) in [5.74, 6) is 1.40. The van der Waals surface area contributed by atoms with Crippen LogP contribution in [0.5, 0.6) is 0 Å². The molecular weight excluding hydrogens is 138 g/mol. The molecule has 1 saturated heterocycles. The predicted octanol–water partition coefficient (Wildman–Crippen LogP) is 0.757. The summed E-state index contributed by atoms with van der Waals surface area (Å²) in [4.78, 5) is 0. The largest absolute Gasteiger partial charge is 0.393 e. The zero-order chi connectivity index (χ0) is 7.68. The average molecular weight is 155 g/mol. The third-order valence-electron chi connectivity index (χ3n) is 3.20. The fourth-order valence-corrected chi connectivity index (χ4v) is 2.30. The van der Waals surface area contributed by atoms with Crippen molar-refractivity contribution in [1.29, 1.82) is 0 Å². The van der Waals surface area contributed by atoms with Crippen molar-refractivity contribution in [1.82, 2.24) is 5.32 Å². The van der Waals surface area contributed by atoms with Crippen molar-refractivity contribution in [2.45, 2.75) is 31.8 Å². The summed E-state index contributed by atoms with van der Waals surface area (Å²) in [5, 5.41) is 12.9. The smallest absolute Gasteiger partial charge is 0.0572 e. The molecule has 1 saturated carbocycles. The van der Waals surface area contributed by atoms with Gasteiger partial charge in [-0.05, 0) is 37.8 Å². The molecule has 2 nitrogen and oxygen atoms in total. The van der Waals surface area contributed by atoms with Crippen LogP contribution in [-0.4, -0.2) is 24.3 Å². The van der Waals surface area contributed by atoms with Gasteiger partial charge in [0.1, 0.15) is 0 Å². The third kappa shape index (κ3) is 1.42. The van der Waals surface area contributed by atoms with Gasteiger partial charge in [-0.2, -0.15) is 0 Å². The van der Waals surface area contributed by atoms with E-state index in [0.29, 0.717) is 5.92 Å². The lowest BCUT2D eigenvalue weighted by atomic mass is 9.75. The number of hydrogen-bond donors (Lipinski definition) is 2. The van der Waals surface area contributed by atoms with E-state index in [2.05, 4.69) is 5.32 Å². The van der Waals surface area contributed by atoms with Crippen molar-refractivity contribution in [2.24, 2.45) is 11.8 Å². The van der Waals surface area contributed by atoms with Gasteiger partial charge in [-0.15, -0.1) is 0 Å². The summed E-state index contributed by atoms with van der Waals surface area (Å²) in [6, 6.07) is 0. The maximum atomic E-state index is 9.68. The first-order valence-electron chi connectivity index (χ1n) is 4.76. The zero-order valence-corrected chi connectivity index (χ0v) is 6.92.